The first-order valence-electron chi connectivity index (χ1n) is 7.60. The van der Waals surface area contributed by atoms with Gasteiger partial charge in [-0.2, -0.15) is 0 Å². The number of benzene rings is 2. The van der Waals surface area contributed by atoms with Crippen LogP contribution in [0.15, 0.2) is 48.5 Å². The average Bonchev–Trinajstić information content (AvgIpc) is 2.60. The number of amides is 1. The van der Waals surface area contributed by atoms with Gasteiger partial charge in [0.1, 0.15) is 11.3 Å². The molecule has 2 aromatic carbocycles. The third-order valence-corrected chi connectivity index (χ3v) is 3.34. The number of nitrogens with one attached hydrogen (secondary N) is 2. The van der Waals surface area contributed by atoms with E-state index in [1.165, 1.54) is 18.2 Å². The molecule has 7 nitrogen and oxygen atoms in total. The summed E-state index contributed by atoms with van der Waals surface area (Å²) in [6, 6.07) is 12.8. The number of nitro benzene ring substituents is 1. The van der Waals surface area contributed by atoms with Crippen LogP contribution < -0.4 is 15.4 Å². The van der Waals surface area contributed by atoms with Gasteiger partial charge in [0, 0.05) is 17.8 Å². The Bertz CT molecular complexity index is 795. The number of rotatable bonds is 6. The monoisotopic (exact) mass is 359 g/mol. The highest BCUT2D eigenvalue weighted by Gasteiger charge is 2.19. The fraction of sp³-hybridized carbons (Fsp3) is 0.176. The van der Waals surface area contributed by atoms with E-state index in [-0.39, 0.29) is 16.4 Å². The Morgan fingerprint density at radius 2 is 2.00 bits per heavy atom. The summed E-state index contributed by atoms with van der Waals surface area (Å²) in [5, 5.41) is 16.3. The fourth-order valence-electron chi connectivity index (χ4n) is 2.04. The molecule has 25 heavy (non-hydrogen) atoms. The van der Waals surface area contributed by atoms with Gasteiger partial charge in [-0.3, -0.25) is 20.2 Å². The second-order valence-electron chi connectivity index (χ2n) is 5.06. The number of ether oxygens (including phenoxy) is 1. The highest BCUT2D eigenvalue weighted by Crippen LogP contribution is 2.19. The first kappa shape index (κ1) is 18.3. The largest absolute Gasteiger partial charge is 0.494 e. The van der Waals surface area contributed by atoms with Crippen molar-refractivity contribution in [2.45, 2.75) is 13.3 Å². The predicted octanol–water partition coefficient (Wildman–Crippen LogP) is 3.51. The van der Waals surface area contributed by atoms with Crippen LogP contribution in [0.25, 0.3) is 0 Å². The zero-order valence-corrected chi connectivity index (χ0v) is 14.3. The predicted molar refractivity (Wildman–Crippen MR) is 99.0 cm³/mol. The molecule has 0 spiro atoms. The third-order valence-electron chi connectivity index (χ3n) is 3.14. The molecule has 8 heteroatoms. The SMILES string of the molecule is CCCOc1cccc(NC(=S)NC(=O)c2ccccc2[N+](=O)[O-])c1. The molecule has 0 saturated heterocycles. The van der Waals surface area contributed by atoms with Gasteiger partial charge in [-0.05, 0) is 36.8 Å². The second kappa shape index (κ2) is 8.74. The molecule has 0 fully saturated rings. The quantitative estimate of drug-likeness (QED) is 0.466. The lowest BCUT2D eigenvalue weighted by Gasteiger charge is -2.11. The van der Waals surface area contributed by atoms with E-state index in [0.717, 1.165) is 6.42 Å². The van der Waals surface area contributed by atoms with Crippen LogP contribution in [0.1, 0.15) is 23.7 Å². The number of nitro groups is 1. The number of nitrogens with zero attached hydrogens (tertiary/aromatic N) is 1. The van der Waals surface area contributed by atoms with Crippen molar-refractivity contribution in [2.24, 2.45) is 0 Å². The maximum atomic E-state index is 12.2. The normalized spacial score (nSPS) is 9.96. The van der Waals surface area contributed by atoms with Gasteiger partial charge in [0.2, 0.25) is 0 Å². The van der Waals surface area contributed by atoms with Crippen LogP contribution in [0.4, 0.5) is 11.4 Å². The number of carbonyl (C=O) groups excluding carboxylic acids is 1. The molecule has 130 valence electrons. The summed E-state index contributed by atoms with van der Waals surface area (Å²) in [6.07, 6.45) is 0.891. The molecule has 0 aliphatic carbocycles. The van der Waals surface area contributed by atoms with Gasteiger partial charge in [0.05, 0.1) is 11.5 Å². The standard InChI is InChI=1S/C17H17N3O4S/c1-2-10-24-13-7-5-6-12(11-13)18-17(25)19-16(21)14-8-3-4-9-15(14)20(22)23/h3-9,11H,2,10H2,1H3,(H2,18,19,21,25). The van der Waals surface area contributed by atoms with Gasteiger partial charge in [-0.15, -0.1) is 0 Å². The molecule has 0 aliphatic heterocycles. The topological polar surface area (TPSA) is 93.5 Å². The maximum Gasteiger partial charge on any atom is 0.282 e. The van der Waals surface area contributed by atoms with Gasteiger partial charge < -0.3 is 10.1 Å². The first-order valence-corrected chi connectivity index (χ1v) is 8.00. The van der Waals surface area contributed by atoms with E-state index in [9.17, 15) is 14.9 Å². The van der Waals surface area contributed by atoms with Crippen molar-refractivity contribution in [1.29, 1.82) is 0 Å². The molecule has 0 radical (unpaired) electrons. The van der Waals surface area contributed by atoms with Crippen molar-refractivity contribution >= 4 is 34.6 Å². The molecular formula is C17H17N3O4S. The summed E-state index contributed by atoms with van der Waals surface area (Å²) in [5.41, 5.74) is 0.302. The fourth-order valence-corrected chi connectivity index (χ4v) is 2.25. The minimum absolute atomic E-state index is 0.0378. The van der Waals surface area contributed by atoms with E-state index in [1.54, 1.807) is 24.3 Å². The molecule has 0 heterocycles. The number of para-hydroxylation sites is 1. The van der Waals surface area contributed by atoms with Crippen molar-refractivity contribution in [3.63, 3.8) is 0 Å². The van der Waals surface area contributed by atoms with Crippen molar-refractivity contribution in [1.82, 2.24) is 5.32 Å². The van der Waals surface area contributed by atoms with Crippen molar-refractivity contribution < 1.29 is 14.5 Å². The average molecular weight is 359 g/mol. The smallest absolute Gasteiger partial charge is 0.282 e. The lowest BCUT2D eigenvalue weighted by Crippen LogP contribution is -2.34. The minimum atomic E-state index is -0.650. The van der Waals surface area contributed by atoms with E-state index in [2.05, 4.69) is 10.6 Å². The molecule has 2 rings (SSSR count). The van der Waals surface area contributed by atoms with E-state index < -0.39 is 10.8 Å². The summed E-state index contributed by atoms with van der Waals surface area (Å²) in [5.74, 6) is 0.0304. The number of hydrogen-bond donors (Lipinski definition) is 2. The number of carbonyl (C=O) groups is 1. The molecule has 2 N–H and O–H groups in total. The van der Waals surface area contributed by atoms with Gasteiger partial charge in [-0.25, -0.2) is 0 Å². The Balaban J connectivity index is 2.03. The molecule has 0 atom stereocenters. The van der Waals surface area contributed by atoms with Crippen LogP contribution in [-0.2, 0) is 0 Å². The molecule has 0 saturated carbocycles. The Morgan fingerprint density at radius 3 is 2.72 bits per heavy atom. The van der Waals surface area contributed by atoms with Gasteiger partial charge in [0.25, 0.3) is 11.6 Å². The van der Waals surface area contributed by atoms with Gasteiger partial charge in [0.15, 0.2) is 5.11 Å². The van der Waals surface area contributed by atoms with Gasteiger partial charge in [-0.1, -0.05) is 25.1 Å². The zero-order chi connectivity index (χ0) is 18.2. The Morgan fingerprint density at radius 1 is 1.24 bits per heavy atom. The van der Waals surface area contributed by atoms with E-state index in [1.807, 2.05) is 13.0 Å². The Labute approximate surface area is 150 Å². The lowest BCUT2D eigenvalue weighted by molar-refractivity contribution is -0.385. The van der Waals surface area contributed by atoms with Crippen LogP contribution in [0.5, 0.6) is 5.75 Å². The molecule has 0 aromatic heterocycles. The number of anilines is 1. The van der Waals surface area contributed by atoms with E-state index in [0.29, 0.717) is 18.0 Å². The van der Waals surface area contributed by atoms with Crippen molar-refractivity contribution in [3.8, 4) is 5.75 Å². The van der Waals surface area contributed by atoms with Crippen LogP contribution in [-0.4, -0.2) is 22.5 Å². The molecule has 1 amide bonds. The molecule has 2 aromatic rings. The first-order chi connectivity index (χ1) is 12.0. The Kier molecular flexibility index (Phi) is 6.41. The van der Waals surface area contributed by atoms with E-state index in [4.69, 9.17) is 17.0 Å². The zero-order valence-electron chi connectivity index (χ0n) is 13.5. The van der Waals surface area contributed by atoms with Crippen LogP contribution >= 0.6 is 12.2 Å². The van der Waals surface area contributed by atoms with Crippen molar-refractivity contribution in [2.75, 3.05) is 11.9 Å². The molecule has 0 unspecified atom stereocenters. The van der Waals surface area contributed by atoms with Crippen LogP contribution in [0.3, 0.4) is 0 Å². The summed E-state index contributed by atoms with van der Waals surface area (Å²) in [4.78, 5) is 22.6. The summed E-state index contributed by atoms with van der Waals surface area (Å²) in [6.45, 7) is 2.61. The Hall–Kier alpha value is -3.00. The number of thiocarbonyl (C=S) groups is 1. The molecule has 0 bridgehead atoms. The summed E-state index contributed by atoms with van der Waals surface area (Å²) < 4.78 is 5.52. The molecule has 0 aliphatic rings. The highest BCUT2D eigenvalue weighted by atomic mass is 32.1. The maximum absolute atomic E-state index is 12.2. The van der Waals surface area contributed by atoms with E-state index >= 15 is 0 Å². The second-order valence-corrected chi connectivity index (χ2v) is 5.47. The molecular weight excluding hydrogens is 342 g/mol. The van der Waals surface area contributed by atoms with Gasteiger partial charge >= 0.3 is 0 Å². The van der Waals surface area contributed by atoms with Crippen LogP contribution in [0, 0.1) is 10.1 Å². The lowest BCUT2D eigenvalue weighted by atomic mass is 10.1. The van der Waals surface area contributed by atoms with Crippen LogP contribution in [0.2, 0.25) is 0 Å². The summed E-state index contributed by atoms with van der Waals surface area (Å²) >= 11 is 5.10. The third kappa shape index (κ3) is 5.25. The minimum Gasteiger partial charge on any atom is -0.494 e. The van der Waals surface area contributed by atoms with Crippen molar-refractivity contribution in [3.05, 3.63) is 64.2 Å². The number of hydrogen-bond acceptors (Lipinski definition) is 5. The summed E-state index contributed by atoms with van der Waals surface area (Å²) in [7, 11) is 0. The highest BCUT2D eigenvalue weighted by molar-refractivity contribution is 7.80.